The van der Waals surface area contributed by atoms with Crippen molar-refractivity contribution in [2.75, 3.05) is 0 Å². The van der Waals surface area contributed by atoms with Gasteiger partial charge in [-0.1, -0.05) is 58.4 Å². The van der Waals surface area contributed by atoms with E-state index in [4.69, 9.17) is 0 Å². The summed E-state index contributed by atoms with van der Waals surface area (Å²) in [7, 11) is 0. The standard InChI is InChI=1S/C22H30O2/c1-5-10-20-18(6-2)21(22(24,7-3)8-4)14-13-19(20)16-11-9-12-17(23)15-16/h9,11-15,23-24H,5-8,10H2,1-4H3. The van der Waals surface area contributed by atoms with Gasteiger partial charge in [0, 0.05) is 0 Å². The predicted molar refractivity (Wildman–Crippen MR) is 101 cm³/mol. The van der Waals surface area contributed by atoms with E-state index in [2.05, 4.69) is 26.0 Å². The SMILES string of the molecule is CCCc1c(-c2cccc(O)c2)ccc(C(O)(CC)CC)c1CC. The van der Waals surface area contributed by atoms with Gasteiger partial charge in [-0.05, 0) is 65.6 Å². The van der Waals surface area contributed by atoms with Crippen LogP contribution in [0, 0.1) is 0 Å². The van der Waals surface area contributed by atoms with Crippen LogP contribution in [0.5, 0.6) is 5.75 Å². The third-order valence-corrected chi connectivity index (χ3v) is 5.11. The van der Waals surface area contributed by atoms with Crippen LogP contribution in [-0.4, -0.2) is 10.2 Å². The Hall–Kier alpha value is -1.80. The zero-order valence-electron chi connectivity index (χ0n) is 15.4. The Bertz CT molecular complexity index is 684. The minimum atomic E-state index is -0.759. The summed E-state index contributed by atoms with van der Waals surface area (Å²) in [5.74, 6) is 0.288. The fourth-order valence-electron chi connectivity index (χ4n) is 3.64. The zero-order valence-corrected chi connectivity index (χ0v) is 15.4. The molecule has 2 aromatic rings. The highest BCUT2D eigenvalue weighted by Gasteiger charge is 2.29. The molecular weight excluding hydrogens is 296 g/mol. The molecule has 2 nitrogen and oxygen atoms in total. The Morgan fingerprint density at radius 2 is 1.62 bits per heavy atom. The van der Waals surface area contributed by atoms with Crippen LogP contribution >= 0.6 is 0 Å². The van der Waals surface area contributed by atoms with Gasteiger partial charge in [0.2, 0.25) is 0 Å². The lowest BCUT2D eigenvalue weighted by Gasteiger charge is -2.30. The summed E-state index contributed by atoms with van der Waals surface area (Å²) in [6, 6.07) is 11.6. The van der Waals surface area contributed by atoms with Gasteiger partial charge >= 0.3 is 0 Å². The fourth-order valence-corrected chi connectivity index (χ4v) is 3.64. The van der Waals surface area contributed by atoms with Crippen molar-refractivity contribution in [3.05, 3.63) is 53.1 Å². The Labute approximate surface area is 146 Å². The Balaban J connectivity index is 2.71. The molecule has 24 heavy (non-hydrogen) atoms. The van der Waals surface area contributed by atoms with Gasteiger partial charge in [-0.3, -0.25) is 0 Å². The van der Waals surface area contributed by atoms with E-state index in [-0.39, 0.29) is 5.75 Å². The molecular formula is C22H30O2. The summed E-state index contributed by atoms with van der Waals surface area (Å²) >= 11 is 0. The zero-order chi connectivity index (χ0) is 17.7. The Morgan fingerprint density at radius 1 is 0.917 bits per heavy atom. The van der Waals surface area contributed by atoms with Crippen LogP contribution in [0.4, 0.5) is 0 Å². The van der Waals surface area contributed by atoms with E-state index in [1.807, 2.05) is 32.0 Å². The number of phenols is 1. The molecule has 0 saturated heterocycles. The van der Waals surface area contributed by atoms with E-state index in [1.165, 1.54) is 16.7 Å². The van der Waals surface area contributed by atoms with Gasteiger partial charge in [-0.25, -0.2) is 0 Å². The lowest BCUT2D eigenvalue weighted by atomic mass is 9.79. The third kappa shape index (κ3) is 3.49. The van der Waals surface area contributed by atoms with Crippen molar-refractivity contribution < 1.29 is 10.2 Å². The molecule has 2 heteroatoms. The molecule has 0 bridgehead atoms. The molecule has 2 rings (SSSR count). The first kappa shape index (κ1) is 18.5. The molecule has 0 aliphatic heterocycles. The second kappa shape index (κ2) is 7.85. The van der Waals surface area contributed by atoms with Crippen LogP contribution in [0.3, 0.4) is 0 Å². The van der Waals surface area contributed by atoms with E-state index in [1.54, 1.807) is 6.07 Å². The number of phenolic OH excluding ortho intramolecular Hbond substituents is 1. The topological polar surface area (TPSA) is 40.5 Å². The van der Waals surface area contributed by atoms with Crippen LogP contribution < -0.4 is 0 Å². The summed E-state index contributed by atoms with van der Waals surface area (Å²) in [6.07, 6.45) is 4.37. The van der Waals surface area contributed by atoms with Gasteiger partial charge in [0.25, 0.3) is 0 Å². The average Bonchev–Trinajstić information content (AvgIpc) is 2.60. The minimum Gasteiger partial charge on any atom is -0.508 e. The molecule has 0 heterocycles. The summed E-state index contributed by atoms with van der Waals surface area (Å²) < 4.78 is 0. The predicted octanol–water partition coefficient (Wildman–Crippen LogP) is 5.58. The van der Waals surface area contributed by atoms with Crippen LogP contribution in [0.1, 0.15) is 63.6 Å². The first-order valence-electron chi connectivity index (χ1n) is 9.17. The molecule has 130 valence electrons. The molecule has 2 aromatic carbocycles. The van der Waals surface area contributed by atoms with E-state index < -0.39 is 5.60 Å². The van der Waals surface area contributed by atoms with Crippen molar-refractivity contribution in [3.63, 3.8) is 0 Å². The van der Waals surface area contributed by atoms with Crippen molar-refractivity contribution in [3.8, 4) is 16.9 Å². The molecule has 0 atom stereocenters. The Morgan fingerprint density at radius 3 is 2.17 bits per heavy atom. The highest BCUT2D eigenvalue weighted by atomic mass is 16.3. The molecule has 0 aromatic heterocycles. The quantitative estimate of drug-likeness (QED) is 0.697. The second-order valence-corrected chi connectivity index (χ2v) is 6.51. The number of aromatic hydroxyl groups is 1. The fraction of sp³-hybridized carbons (Fsp3) is 0.455. The van der Waals surface area contributed by atoms with E-state index in [0.29, 0.717) is 12.8 Å². The van der Waals surface area contributed by atoms with Gasteiger partial charge in [0.05, 0.1) is 5.60 Å². The number of rotatable bonds is 7. The molecule has 0 fully saturated rings. The summed E-state index contributed by atoms with van der Waals surface area (Å²) in [6.45, 7) is 8.44. The normalized spacial score (nSPS) is 11.7. The smallest absolute Gasteiger partial charge is 0.116 e. The number of aliphatic hydroxyl groups is 1. The van der Waals surface area contributed by atoms with Crippen molar-refractivity contribution >= 4 is 0 Å². The van der Waals surface area contributed by atoms with Gasteiger partial charge < -0.3 is 10.2 Å². The molecule has 0 radical (unpaired) electrons. The Kier molecular flexibility index (Phi) is 6.06. The maximum atomic E-state index is 11.1. The maximum absolute atomic E-state index is 11.1. The summed E-state index contributed by atoms with van der Waals surface area (Å²) in [5.41, 5.74) is 5.10. The molecule has 0 unspecified atom stereocenters. The number of hydrogen-bond acceptors (Lipinski definition) is 2. The molecule has 0 saturated carbocycles. The van der Waals surface area contributed by atoms with Gasteiger partial charge in [-0.15, -0.1) is 0 Å². The van der Waals surface area contributed by atoms with E-state index in [0.717, 1.165) is 30.4 Å². The van der Waals surface area contributed by atoms with Crippen molar-refractivity contribution in [2.45, 2.75) is 65.4 Å². The second-order valence-electron chi connectivity index (χ2n) is 6.51. The van der Waals surface area contributed by atoms with E-state index >= 15 is 0 Å². The summed E-state index contributed by atoms with van der Waals surface area (Å²) in [5, 5.41) is 20.9. The third-order valence-electron chi connectivity index (χ3n) is 5.11. The highest BCUT2D eigenvalue weighted by molar-refractivity contribution is 5.71. The molecule has 0 aliphatic rings. The average molecular weight is 326 g/mol. The molecule has 0 amide bonds. The van der Waals surface area contributed by atoms with Crippen LogP contribution in [-0.2, 0) is 18.4 Å². The lowest BCUT2D eigenvalue weighted by Crippen LogP contribution is -2.26. The highest BCUT2D eigenvalue weighted by Crippen LogP contribution is 2.38. The van der Waals surface area contributed by atoms with Crippen LogP contribution in [0.25, 0.3) is 11.1 Å². The maximum Gasteiger partial charge on any atom is 0.116 e. The van der Waals surface area contributed by atoms with Crippen molar-refractivity contribution in [2.24, 2.45) is 0 Å². The molecule has 0 aliphatic carbocycles. The van der Waals surface area contributed by atoms with Gasteiger partial charge in [0.15, 0.2) is 0 Å². The van der Waals surface area contributed by atoms with Gasteiger partial charge in [0.1, 0.15) is 5.75 Å². The van der Waals surface area contributed by atoms with E-state index in [9.17, 15) is 10.2 Å². The number of benzene rings is 2. The lowest BCUT2D eigenvalue weighted by molar-refractivity contribution is 0.0275. The van der Waals surface area contributed by atoms with Gasteiger partial charge in [-0.2, -0.15) is 0 Å². The number of hydrogen-bond donors (Lipinski definition) is 2. The largest absolute Gasteiger partial charge is 0.508 e. The monoisotopic (exact) mass is 326 g/mol. The molecule has 0 spiro atoms. The first-order chi connectivity index (χ1) is 11.5. The van der Waals surface area contributed by atoms with Crippen molar-refractivity contribution in [1.29, 1.82) is 0 Å². The minimum absolute atomic E-state index is 0.288. The molecule has 2 N–H and O–H groups in total. The summed E-state index contributed by atoms with van der Waals surface area (Å²) in [4.78, 5) is 0. The van der Waals surface area contributed by atoms with Crippen LogP contribution in [0.15, 0.2) is 36.4 Å². The van der Waals surface area contributed by atoms with Crippen LogP contribution in [0.2, 0.25) is 0 Å². The van der Waals surface area contributed by atoms with Crippen molar-refractivity contribution in [1.82, 2.24) is 0 Å². The first-order valence-corrected chi connectivity index (χ1v) is 9.17.